The fourth-order valence-electron chi connectivity index (χ4n) is 4.60. The first-order valence-corrected chi connectivity index (χ1v) is 14.1. The van der Waals surface area contributed by atoms with Gasteiger partial charge in [0.25, 0.3) is 0 Å². The van der Waals surface area contributed by atoms with Crippen molar-refractivity contribution in [3.63, 3.8) is 0 Å². The van der Waals surface area contributed by atoms with Crippen LogP contribution in [0.3, 0.4) is 0 Å². The van der Waals surface area contributed by atoms with Crippen molar-refractivity contribution in [2.24, 2.45) is 0 Å². The zero-order chi connectivity index (χ0) is 28.1. The summed E-state index contributed by atoms with van der Waals surface area (Å²) in [4.78, 5) is 0. The molecule has 0 N–H and O–H groups in total. The molecule has 1 atom stereocenters. The van der Waals surface area contributed by atoms with E-state index in [2.05, 4.69) is 65.8 Å². The van der Waals surface area contributed by atoms with E-state index in [0.29, 0.717) is 46.2 Å². The SMILES string of the molecule is CC.CCCOCCC1(CCOCCOCCOC)c2ccccc2-c2ccc(C)cc21.COCCOC. The summed E-state index contributed by atoms with van der Waals surface area (Å²) >= 11 is 0. The van der Waals surface area contributed by atoms with Crippen molar-refractivity contribution in [1.82, 2.24) is 0 Å². The van der Waals surface area contributed by atoms with E-state index in [1.54, 1.807) is 21.3 Å². The van der Waals surface area contributed by atoms with Gasteiger partial charge in [-0.15, -0.1) is 0 Å². The van der Waals surface area contributed by atoms with Crippen LogP contribution in [0.1, 0.15) is 56.7 Å². The van der Waals surface area contributed by atoms with Crippen LogP contribution < -0.4 is 0 Å². The standard InChI is InChI=1S/C26H36O4.C4H10O2.C2H6/c1-4-13-28-14-11-26(12-15-29-18-19-30-17-16-27-3)24-8-6-5-7-22(24)23-10-9-21(2)20-25(23)26;1-5-3-4-6-2;1-2/h5-10,20H,4,11-19H2,1-3H3;3-4H2,1-2H3;1-2H3. The number of fused-ring (bicyclic) bond motifs is 3. The minimum Gasteiger partial charge on any atom is -0.382 e. The number of aryl methyl sites for hydroxylation is 1. The first-order chi connectivity index (χ1) is 18.6. The van der Waals surface area contributed by atoms with Gasteiger partial charge in [0.2, 0.25) is 0 Å². The van der Waals surface area contributed by atoms with E-state index in [-0.39, 0.29) is 5.41 Å². The third-order valence-corrected chi connectivity index (χ3v) is 6.41. The second-order valence-electron chi connectivity index (χ2n) is 8.99. The second-order valence-corrected chi connectivity index (χ2v) is 8.99. The molecule has 1 aliphatic rings. The van der Waals surface area contributed by atoms with Crippen LogP contribution in [0.2, 0.25) is 0 Å². The number of methoxy groups -OCH3 is 3. The van der Waals surface area contributed by atoms with Crippen molar-refractivity contribution < 1.29 is 28.4 Å². The third kappa shape index (κ3) is 10.8. The molecule has 0 heterocycles. The smallest absolute Gasteiger partial charge is 0.0701 e. The van der Waals surface area contributed by atoms with E-state index >= 15 is 0 Å². The van der Waals surface area contributed by atoms with Crippen molar-refractivity contribution in [2.45, 2.75) is 52.4 Å². The Labute approximate surface area is 231 Å². The molecule has 38 heavy (non-hydrogen) atoms. The van der Waals surface area contributed by atoms with Crippen LogP contribution in [-0.4, -0.2) is 80.8 Å². The van der Waals surface area contributed by atoms with E-state index in [9.17, 15) is 0 Å². The van der Waals surface area contributed by atoms with E-state index in [1.165, 1.54) is 27.8 Å². The van der Waals surface area contributed by atoms with Crippen LogP contribution >= 0.6 is 0 Å². The lowest BCUT2D eigenvalue weighted by molar-refractivity contribution is 0.0203. The van der Waals surface area contributed by atoms with Crippen molar-refractivity contribution in [2.75, 3.05) is 80.8 Å². The number of hydrogen-bond acceptors (Lipinski definition) is 6. The van der Waals surface area contributed by atoms with E-state index in [0.717, 1.165) is 32.5 Å². The molecule has 6 nitrogen and oxygen atoms in total. The van der Waals surface area contributed by atoms with Crippen molar-refractivity contribution >= 4 is 0 Å². The quantitative estimate of drug-likeness (QED) is 0.218. The topological polar surface area (TPSA) is 55.4 Å². The maximum absolute atomic E-state index is 5.98. The number of benzene rings is 2. The van der Waals surface area contributed by atoms with Crippen LogP contribution in [0.25, 0.3) is 11.1 Å². The summed E-state index contributed by atoms with van der Waals surface area (Å²) in [5, 5.41) is 0. The van der Waals surface area contributed by atoms with Crippen molar-refractivity contribution in [1.29, 1.82) is 0 Å². The summed E-state index contributed by atoms with van der Waals surface area (Å²) in [6.45, 7) is 14.4. The molecular weight excluding hydrogens is 480 g/mol. The molecule has 0 spiro atoms. The molecule has 0 amide bonds. The van der Waals surface area contributed by atoms with Gasteiger partial charge >= 0.3 is 0 Å². The Morgan fingerprint density at radius 2 is 1.08 bits per heavy atom. The van der Waals surface area contributed by atoms with Gasteiger partial charge in [-0.25, -0.2) is 0 Å². The van der Waals surface area contributed by atoms with Crippen molar-refractivity contribution in [3.05, 3.63) is 59.2 Å². The molecule has 2 aromatic rings. The number of ether oxygens (including phenoxy) is 6. The Kier molecular flexibility index (Phi) is 19.0. The first kappa shape index (κ1) is 34.2. The average Bonchev–Trinajstić information content (AvgIpc) is 3.22. The fourth-order valence-corrected chi connectivity index (χ4v) is 4.60. The average molecular weight is 533 g/mol. The Morgan fingerprint density at radius 3 is 1.68 bits per heavy atom. The third-order valence-electron chi connectivity index (χ3n) is 6.41. The summed E-state index contributed by atoms with van der Waals surface area (Å²) in [5.74, 6) is 0. The lowest BCUT2D eigenvalue weighted by Gasteiger charge is -2.32. The van der Waals surface area contributed by atoms with Crippen LogP contribution in [-0.2, 0) is 33.8 Å². The highest BCUT2D eigenvalue weighted by atomic mass is 16.5. The normalized spacial score (nSPS) is 15.1. The Hall–Kier alpha value is -1.80. The molecule has 2 aromatic carbocycles. The maximum Gasteiger partial charge on any atom is 0.0701 e. The minimum atomic E-state index is -0.0669. The van der Waals surface area contributed by atoms with Gasteiger partial charge in [0.05, 0.1) is 39.6 Å². The van der Waals surface area contributed by atoms with Crippen LogP contribution in [0, 0.1) is 6.92 Å². The summed E-state index contributed by atoms with van der Waals surface area (Å²) in [5.41, 5.74) is 6.77. The molecule has 0 radical (unpaired) electrons. The molecular formula is C32H52O6. The van der Waals surface area contributed by atoms with E-state index in [4.69, 9.17) is 18.9 Å². The lowest BCUT2D eigenvalue weighted by atomic mass is 9.73. The van der Waals surface area contributed by atoms with Gasteiger partial charge in [-0.05, 0) is 48.4 Å². The van der Waals surface area contributed by atoms with E-state index in [1.807, 2.05) is 13.8 Å². The molecule has 0 bridgehead atoms. The predicted octanol–water partition coefficient (Wildman–Crippen LogP) is 6.45. The second kappa shape index (κ2) is 21.1. The van der Waals surface area contributed by atoms with Gasteiger partial charge in [0.15, 0.2) is 0 Å². The van der Waals surface area contributed by atoms with Gasteiger partial charge in [-0.2, -0.15) is 0 Å². The van der Waals surface area contributed by atoms with E-state index < -0.39 is 0 Å². The van der Waals surface area contributed by atoms with Gasteiger partial charge in [-0.3, -0.25) is 0 Å². The lowest BCUT2D eigenvalue weighted by Crippen LogP contribution is -2.29. The molecule has 0 saturated heterocycles. The highest BCUT2D eigenvalue weighted by Gasteiger charge is 2.42. The van der Waals surface area contributed by atoms with Crippen LogP contribution in [0.4, 0.5) is 0 Å². The largest absolute Gasteiger partial charge is 0.382 e. The van der Waals surface area contributed by atoms with Crippen LogP contribution in [0.15, 0.2) is 42.5 Å². The Balaban J connectivity index is 0.000000795. The minimum absolute atomic E-state index is 0.0669. The highest BCUT2D eigenvalue weighted by Crippen LogP contribution is 2.52. The van der Waals surface area contributed by atoms with Gasteiger partial charge < -0.3 is 28.4 Å². The maximum atomic E-state index is 5.98. The summed E-state index contributed by atoms with van der Waals surface area (Å²) in [6.07, 6.45) is 2.95. The summed E-state index contributed by atoms with van der Waals surface area (Å²) in [6, 6.07) is 15.7. The summed E-state index contributed by atoms with van der Waals surface area (Å²) < 4.78 is 31.8. The van der Waals surface area contributed by atoms with Gasteiger partial charge in [-0.1, -0.05) is 68.8 Å². The molecule has 3 rings (SSSR count). The number of rotatable bonds is 17. The molecule has 0 aliphatic heterocycles. The summed E-state index contributed by atoms with van der Waals surface area (Å²) in [7, 11) is 4.99. The first-order valence-electron chi connectivity index (χ1n) is 14.1. The number of hydrogen-bond donors (Lipinski definition) is 0. The highest BCUT2D eigenvalue weighted by molar-refractivity contribution is 5.81. The molecule has 0 fully saturated rings. The zero-order valence-corrected chi connectivity index (χ0v) is 25.0. The Bertz CT molecular complexity index is 852. The predicted molar refractivity (Wildman–Crippen MR) is 156 cm³/mol. The molecule has 0 aromatic heterocycles. The molecule has 1 unspecified atom stereocenters. The fraction of sp³-hybridized carbons (Fsp3) is 0.625. The van der Waals surface area contributed by atoms with Gasteiger partial charge in [0, 0.05) is 46.6 Å². The van der Waals surface area contributed by atoms with Crippen LogP contribution in [0.5, 0.6) is 0 Å². The van der Waals surface area contributed by atoms with Gasteiger partial charge in [0.1, 0.15) is 0 Å². The molecule has 6 heteroatoms. The van der Waals surface area contributed by atoms with Crippen molar-refractivity contribution in [3.8, 4) is 11.1 Å². The monoisotopic (exact) mass is 532 g/mol. The molecule has 1 aliphatic carbocycles. The Morgan fingerprint density at radius 1 is 0.579 bits per heavy atom. The molecule has 0 saturated carbocycles. The molecule has 216 valence electrons. The zero-order valence-electron chi connectivity index (χ0n) is 25.0.